The van der Waals surface area contributed by atoms with Crippen LogP contribution in [0, 0.1) is 0 Å². The van der Waals surface area contributed by atoms with Gasteiger partial charge in [0.2, 0.25) is 0 Å². The third kappa shape index (κ3) is 5.06. The number of pyridine rings is 1. The van der Waals surface area contributed by atoms with E-state index in [0.29, 0.717) is 28.8 Å². The molecule has 5 aromatic heterocycles. The molecular weight excluding hydrogens is 703 g/mol. The molecule has 7 heteroatoms. The zero-order valence-electron chi connectivity index (χ0n) is 30.3. The Morgan fingerprint density at radius 1 is 0.351 bits per heavy atom. The van der Waals surface area contributed by atoms with Crippen molar-refractivity contribution in [2.75, 3.05) is 0 Å². The summed E-state index contributed by atoms with van der Waals surface area (Å²) >= 11 is 0. The standard InChI is InChI=1S/C50H29N5O2/c1-5-16-42-35(12-1)36-13-2-6-17-43(36)55(42)34-11-9-10-32(26-34)30-20-22-31(23-21-30)48-52-49(33-24-25-39-37-14-3-7-18-44(37)56-46(39)27-33)54-50(53-48)41-28-40-38-15-4-8-19-45(38)57-47(40)29-51-41/h1-29H. The normalized spacial score (nSPS) is 11.9. The second kappa shape index (κ2) is 12.3. The second-order valence-electron chi connectivity index (χ2n) is 14.3. The molecule has 7 nitrogen and oxygen atoms in total. The first kappa shape index (κ1) is 31.5. The van der Waals surface area contributed by atoms with Gasteiger partial charge in [-0.1, -0.05) is 115 Å². The number of hydrogen-bond donors (Lipinski definition) is 0. The van der Waals surface area contributed by atoms with Gasteiger partial charge in [0.15, 0.2) is 23.1 Å². The highest BCUT2D eigenvalue weighted by Gasteiger charge is 2.18. The molecule has 0 bridgehead atoms. The van der Waals surface area contributed by atoms with E-state index >= 15 is 0 Å². The SMILES string of the molecule is c1cc(-c2ccc(-c3nc(-c4ccc5c(c4)oc4ccccc45)nc(-c4cc5c(cn4)oc4ccccc45)n3)cc2)cc(-n2c3ccccc3c3ccccc32)c1. The van der Waals surface area contributed by atoms with Gasteiger partial charge in [0.25, 0.3) is 0 Å². The summed E-state index contributed by atoms with van der Waals surface area (Å²) in [5, 5.41) is 6.56. The molecule has 0 aliphatic heterocycles. The highest BCUT2D eigenvalue weighted by Crippen LogP contribution is 2.36. The van der Waals surface area contributed by atoms with Crippen LogP contribution in [0.3, 0.4) is 0 Å². The number of nitrogens with zero attached hydrogens (tertiary/aromatic N) is 5. The first-order chi connectivity index (χ1) is 28.2. The molecule has 0 amide bonds. The maximum absolute atomic E-state index is 6.26. The van der Waals surface area contributed by atoms with Crippen molar-refractivity contribution in [1.29, 1.82) is 0 Å². The molecule has 0 saturated carbocycles. The van der Waals surface area contributed by atoms with Crippen LogP contribution in [0.5, 0.6) is 0 Å². The summed E-state index contributed by atoms with van der Waals surface area (Å²) < 4.78 is 14.7. The van der Waals surface area contributed by atoms with Gasteiger partial charge in [0, 0.05) is 49.1 Å². The quantitative estimate of drug-likeness (QED) is 0.175. The van der Waals surface area contributed by atoms with Crippen molar-refractivity contribution in [2.24, 2.45) is 0 Å². The Morgan fingerprint density at radius 2 is 0.912 bits per heavy atom. The van der Waals surface area contributed by atoms with E-state index < -0.39 is 0 Å². The molecule has 5 heterocycles. The zero-order chi connectivity index (χ0) is 37.5. The third-order valence-electron chi connectivity index (χ3n) is 10.9. The molecule has 0 radical (unpaired) electrons. The predicted molar refractivity (Wildman–Crippen MR) is 228 cm³/mol. The highest BCUT2D eigenvalue weighted by atomic mass is 16.3. The van der Waals surface area contributed by atoms with E-state index in [1.165, 1.54) is 21.8 Å². The molecule has 0 spiro atoms. The van der Waals surface area contributed by atoms with Crippen LogP contribution < -0.4 is 0 Å². The number of hydrogen-bond acceptors (Lipinski definition) is 6. The van der Waals surface area contributed by atoms with Crippen molar-refractivity contribution >= 4 is 65.7 Å². The van der Waals surface area contributed by atoms with Gasteiger partial charge in [0.05, 0.1) is 17.2 Å². The van der Waals surface area contributed by atoms with Crippen LogP contribution in [0.15, 0.2) is 185 Å². The fraction of sp³-hybridized carbons (Fsp3) is 0. The molecule has 12 aromatic rings. The Morgan fingerprint density at radius 3 is 1.65 bits per heavy atom. The van der Waals surface area contributed by atoms with Gasteiger partial charge >= 0.3 is 0 Å². The lowest BCUT2D eigenvalue weighted by Crippen LogP contribution is -2.01. The van der Waals surface area contributed by atoms with Crippen LogP contribution in [-0.4, -0.2) is 24.5 Å². The maximum Gasteiger partial charge on any atom is 0.182 e. The predicted octanol–water partition coefficient (Wildman–Crippen LogP) is 12.8. The fourth-order valence-corrected chi connectivity index (χ4v) is 8.20. The maximum atomic E-state index is 6.26. The molecule has 0 saturated heterocycles. The van der Waals surface area contributed by atoms with E-state index in [1.54, 1.807) is 6.20 Å². The van der Waals surface area contributed by atoms with Crippen molar-refractivity contribution in [2.45, 2.75) is 0 Å². The van der Waals surface area contributed by atoms with Crippen molar-refractivity contribution in [3.8, 4) is 51.1 Å². The summed E-state index contributed by atoms with van der Waals surface area (Å²) in [4.78, 5) is 19.9. The summed E-state index contributed by atoms with van der Waals surface area (Å²) in [6, 6.07) is 58.5. The van der Waals surface area contributed by atoms with Gasteiger partial charge in [-0.3, -0.25) is 0 Å². The van der Waals surface area contributed by atoms with Gasteiger partial charge in [-0.25, -0.2) is 19.9 Å². The lowest BCUT2D eigenvalue weighted by atomic mass is 10.0. The molecule has 12 rings (SSSR count). The first-order valence-corrected chi connectivity index (χ1v) is 18.9. The molecule has 0 aliphatic carbocycles. The van der Waals surface area contributed by atoms with Crippen molar-refractivity contribution in [1.82, 2.24) is 24.5 Å². The topological polar surface area (TPSA) is 82.8 Å². The minimum atomic E-state index is 0.467. The Hall–Kier alpha value is -7.90. The number of furan rings is 2. The fourth-order valence-electron chi connectivity index (χ4n) is 8.20. The summed E-state index contributed by atoms with van der Waals surface area (Å²) in [5.74, 6) is 1.54. The van der Waals surface area contributed by atoms with Crippen LogP contribution >= 0.6 is 0 Å². The van der Waals surface area contributed by atoms with E-state index in [9.17, 15) is 0 Å². The molecule has 0 fully saturated rings. The van der Waals surface area contributed by atoms with Crippen LogP contribution in [0.4, 0.5) is 0 Å². The summed E-state index contributed by atoms with van der Waals surface area (Å²) in [6.07, 6.45) is 1.75. The van der Waals surface area contributed by atoms with Crippen LogP contribution in [-0.2, 0) is 0 Å². The number of fused-ring (bicyclic) bond motifs is 9. The van der Waals surface area contributed by atoms with Gasteiger partial charge < -0.3 is 13.4 Å². The Balaban J connectivity index is 0.972. The highest BCUT2D eigenvalue weighted by molar-refractivity contribution is 6.09. The van der Waals surface area contributed by atoms with Gasteiger partial charge in [-0.2, -0.15) is 0 Å². The van der Waals surface area contributed by atoms with Crippen molar-refractivity contribution in [3.05, 3.63) is 176 Å². The number of benzene rings is 7. The Kier molecular flexibility index (Phi) is 6.79. The average Bonchev–Trinajstić information content (AvgIpc) is 3.95. The number of para-hydroxylation sites is 4. The van der Waals surface area contributed by atoms with Gasteiger partial charge in [0.1, 0.15) is 22.4 Å². The minimum absolute atomic E-state index is 0.467. The van der Waals surface area contributed by atoms with Gasteiger partial charge in [-0.15, -0.1) is 0 Å². The molecular formula is C50H29N5O2. The Labute approximate surface area is 325 Å². The summed E-state index contributed by atoms with van der Waals surface area (Å²) in [7, 11) is 0. The molecule has 57 heavy (non-hydrogen) atoms. The van der Waals surface area contributed by atoms with E-state index in [0.717, 1.165) is 66.2 Å². The largest absolute Gasteiger partial charge is 0.456 e. The van der Waals surface area contributed by atoms with E-state index in [-0.39, 0.29) is 0 Å². The number of rotatable bonds is 5. The Bertz CT molecular complexity index is 3490. The van der Waals surface area contributed by atoms with Crippen LogP contribution in [0.2, 0.25) is 0 Å². The molecule has 266 valence electrons. The lowest BCUT2D eigenvalue weighted by molar-refractivity contribution is 0.667. The zero-order valence-corrected chi connectivity index (χ0v) is 30.3. The van der Waals surface area contributed by atoms with E-state index in [1.807, 2.05) is 54.6 Å². The molecule has 0 aliphatic rings. The first-order valence-electron chi connectivity index (χ1n) is 18.9. The minimum Gasteiger partial charge on any atom is -0.456 e. The smallest absolute Gasteiger partial charge is 0.182 e. The van der Waals surface area contributed by atoms with Gasteiger partial charge in [-0.05, 0) is 65.7 Å². The third-order valence-corrected chi connectivity index (χ3v) is 10.9. The van der Waals surface area contributed by atoms with E-state index in [2.05, 4.69) is 120 Å². The van der Waals surface area contributed by atoms with E-state index in [4.69, 9.17) is 28.8 Å². The molecule has 7 aromatic carbocycles. The molecule has 0 atom stereocenters. The summed E-state index contributed by atoms with van der Waals surface area (Å²) in [6.45, 7) is 0. The lowest BCUT2D eigenvalue weighted by Gasteiger charge is -2.11. The van der Waals surface area contributed by atoms with Crippen LogP contribution in [0.25, 0.3) is 117 Å². The van der Waals surface area contributed by atoms with Crippen molar-refractivity contribution in [3.63, 3.8) is 0 Å². The summed E-state index contributed by atoms with van der Waals surface area (Å²) in [5.41, 5.74) is 11.1. The monoisotopic (exact) mass is 731 g/mol. The van der Waals surface area contributed by atoms with Crippen LogP contribution in [0.1, 0.15) is 0 Å². The average molecular weight is 732 g/mol. The van der Waals surface area contributed by atoms with Crippen molar-refractivity contribution < 1.29 is 8.83 Å². The molecule has 0 N–H and O–H groups in total. The number of aromatic nitrogens is 5. The molecule has 0 unspecified atom stereocenters. The second-order valence-corrected chi connectivity index (χ2v) is 14.3.